The van der Waals surface area contributed by atoms with Gasteiger partial charge in [0.05, 0.1) is 18.2 Å². The Bertz CT molecular complexity index is 385. The summed E-state index contributed by atoms with van der Waals surface area (Å²) in [5.74, 6) is 0. The minimum absolute atomic E-state index is 0.263. The number of nitrogens with one attached hydrogen (secondary N) is 1. The van der Waals surface area contributed by atoms with E-state index in [1.807, 2.05) is 12.1 Å². The molecular weight excluding hydrogens is 190 g/mol. The van der Waals surface area contributed by atoms with Gasteiger partial charge < -0.3 is 9.73 Å². The summed E-state index contributed by atoms with van der Waals surface area (Å²) >= 11 is 0. The second-order valence-electron chi connectivity index (χ2n) is 3.36. The van der Waals surface area contributed by atoms with Gasteiger partial charge in [-0.1, -0.05) is 0 Å². The smallest absolute Gasteiger partial charge is 0.115 e. The van der Waals surface area contributed by atoms with Crippen LogP contribution in [-0.4, -0.2) is 9.97 Å². The Kier molecular flexibility index (Phi) is 3.09. The molecule has 2 aromatic rings. The van der Waals surface area contributed by atoms with Crippen molar-refractivity contribution in [1.82, 2.24) is 15.3 Å². The predicted octanol–water partition coefficient (Wildman–Crippen LogP) is 1.92. The number of hydrogen-bond donors (Lipinski definition) is 1. The lowest BCUT2D eigenvalue weighted by molar-refractivity contribution is 0.535. The summed E-state index contributed by atoms with van der Waals surface area (Å²) in [6.07, 6.45) is 6.72. The van der Waals surface area contributed by atoms with E-state index in [0.29, 0.717) is 0 Å². The van der Waals surface area contributed by atoms with Crippen molar-refractivity contribution in [2.45, 2.75) is 19.5 Å². The van der Waals surface area contributed by atoms with Gasteiger partial charge in [0.1, 0.15) is 6.33 Å². The van der Waals surface area contributed by atoms with Gasteiger partial charge in [-0.3, -0.25) is 0 Å². The van der Waals surface area contributed by atoms with Crippen LogP contribution in [0.1, 0.15) is 24.2 Å². The minimum atomic E-state index is 0.263. The van der Waals surface area contributed by atoms with Crippen molar-refractivity contribution in [2.24, 2.45) is 0 Å². The molecule has 0 amide bonds. The Hall–Kier alpha value is -1.68. The topological polar surface area (TPSA) is 51.0 Å². The van der Waals surface area contributed by atoms with Crippen LogP contribution in [0.3, 0.4) is 0 Å². The highest BCUT2D eigenvalue weighted by atomic mass is 16.3. The first-order valence-corrected chi connectivity index (χ1v) is 4.86. The van der Waals surface area contributed by atoms with Crippen molar-refractivity contribution < 1.29 is 4.42 Å². The van der Waals surface area contributed by atoms with Gasteiger partial charge in [0.2, 0.25) is 0 Å². The lowest BCUT2D eigenvalue weighted by Crippen LogP contribution is -2.18. The summed E-state index contributed by atoms with van der Waals surface area (Å²) in [5.41, 5.74) is 2.13. The fourth-order valence-electron chi connectivity index (χ4n) is 1.32. The Morgan fingerprint density at radius 1 is 1.47 bits per heavy atom. The third-order valence-corrected chi connectivity index (χ3v) is 2.28. The van der Waals surface area contributed by atoms with Crippen molar-refractivity contribution in [3.8, 4) is 0 Å². The minimum Gasteiger partial charge on any atom is -0.472 e. The standard InChI is InChI=1S/C11H13N3O/c1-9(10-3-5-15-7-10)13-6-11-2-4-12-8-14-11/h2-5,7-9,13H,6H2,1H3. The van der Waals surface area contributed by atoms with E-state index in [1.54, 1.807) is 25.1 Å². The molecule has 0 spiro atoms. The molecule has 0 aliphatic heterocycles. The molecule has 0 radical (unpaired) electrons. The molecule has 4 nitrogen and oxygen atoms in total. The monoisotopic (exact) mass is 203 g/mol. The molecule has 0 fully saturated rings. The maximum absolute atomic E-state index is 5.02. The van der Waals surface area contributed by atoms with Crippen LogP contribution in [-0.2, 0) is 6.54 Å². The number of nitrogens with zero attached hydrogens (tertiary/aromatic N) is 2. The number of aromatic nitrogens is 2. The molecule has 1 unspecified atom stereocenters. The van der Waals surface area contributed by atoms with E-state index in [4.69, 9.17) is 4.42 Å². The van der Waals surface area contributed by atoms with Crippen LogP contribution in [0.2, 0.25) is 0 Å². The highest BCUT2D eigenvalue weighted by Crippen LogP contribution is 2.12. The van der Waals surface area contributed by atoms with Gasteiger partial charge in [0, 0.05) is 24.3 Å². The molecule has 4 heteroatoms. The van der Waals surface area contributed by atoms with Gasteiger partial charge >= 0.3 is 0 Å². The molecule has 0 saturated heterocycles. The molecule has 0 aliphatic carbocycles. The molecule has 0 saturated carbocycles. The average Bonchev–Trinajstić information content (AvgIpc) is 2.81. The second kappa shape index (κ2) is 4.70. The highest BCUT2D eigenvalue weighted by Gasteiger charge is 2.05. The quantitative estimate of drug-likeness (QED) is 0.824. The average molecular weight is 203 g/mol. The lowest BCUT2D eigenvalue weighted by atomic mass is 10.2. The van der Waals surface area contributed by atoms with Gasteiger partial charge in [-0.25, -0.2) is 9.97 Å². The number of rotatable bonds is 4. The van der Waals surface area contributed by atoms with E-state index < -0.39 is 0 Å². The van der Waals surface area contributed by atoms with E-state index in [9.17, 15) is 0 Å². The van der Waals surface area contributed by atoms with Crippen molar-refractivity contribution in [3.63, 3.8) is 0 Å². The van der Waals surface area contributed by atoms with Crippen molar-refractivity contribution in [2.75, 3.05) is 0 Å². The first-order chi connectivity index (χ1) is 7.36. The molecule has 2 heterocycles. The second-order valence-corrected chi connectivity index (χ2v) is 3.36. The van der Waals surface area contributed by atoms with Gasteiger partial charge in [-0.05, 0) is 19.1 Å². The molecule has 2 aromatic heterocycles. The summed E-state index contributed by atoms with van der Waals surface area (Å²) in [6, 6.07) is 4.12. The molecule has 0 bridgehead atoms. The van der Waals surface area contributed by atoms with Crippen LogP contribution < -0.4 is 5.32 Å². The molecule has 1 N–H and O–H groups in total. The zero-order valence-electron chi connectivity index (χ0n) is 8.55. The maximum atomic E-state index is 5.02. The maximum Gasteiger partial charge on any atom is 0.115 e. The van der Waals surface area contributed by atoms with Crippen LogP contribution in [0, 0.1) is 0 Å². The van der Waals surface area contributed by atoms with Crippen LogP contribution in [0.5, 0.6) is 0 Å². The van der Waals surface area contributed by atoms with Crippen LogP contribution in [0.4, 0.5) is 0 Å². The fraction of sp³-hybridized carbons (Fsp3) is 0.273. The SMILES string of the molecule is CC(NCc1ccncn1)c1ccoc1. The van der Waals surface area contributed by atoms with E-state index in [-0.39, 0.29) is 6.04 Å². The summed E-state index contributed by atoms with van der Waals surface area (Å²) in [5, 5.41) is 3.35. The van der Waals surface area contributed by atoms with Gasteiger partial charge in [0.25, 0.3) is 0 Å². The molecule has 0 aromatic carbocycles. The Morgan fingerprint density at radius 3 is 3.07 bits per heavy atom. The van der Waals surface area contributed by atoms with Gasteiger partial charge in [0.15, 0.2) is 0 Å². The zero-order valence-corrected chi connectivity index (χ0v) is 8.55. The molecule has 0 aliphatic rings. The van der Waals surface area contributed by atoms with Crippen LogP contribution in [0.15, 0.2) is 41.6 Å². The third-order valence-electron chi connectivity index (χ3n) is 2.28. The summed E-state index contributed by atoms with van der Waals surface area (Å²) < 4.78 is 5.02. The van der Waals surface area contributed by atoms with E-state index in [0.717, 1.165) is 17.8 Å². The zero-order chi connectivity index (χ0) is 10.5. The largest absolute Gasteiger partial charge is 0.472 e. The van der Waals surface area contributed by atoms with Gasteiger partial charge in [-0.15, -0.1) is 0 Å². The van der Waals surface area contributed by atoms with E-state index >= 15 is 0 Å². The van der Waals surface area contributed by atoms with Crippen molar-refractivity contribution >= 4 is 0 Å². The summed E-state index contributed by atoms with van der Waals surface area (Å²) in [6.45, 7) is 2.82. The van der Waals surface area contributed by atoms with Crippen LogP contribution >= 0.6 is 0 Å². The van der Waals surface area contributed by atoms with E-state index in [2.05, 4.69) is 22.2 Å². The molecular formula is C11H13N3O. The number of hydrogen-bond acceptors (Lipinski definition) is 4. The molecule has 15 heavy (non-hydrogen) atoms. The molecule has 78 valence electrons. The van der Waals surface area contributed by atoms with Gasteiger partial charge in [-0.2, -0.15) is 0 Å². The lowest BCUT2D eigenvalue weighted by Gasteiger charge is -2.10. The van der Waals surface area contributed by atoms with Crippen molar-refractivity contribution in [3.05, 3.63) is 48.4 Å². The predicted molar refractivity (Wildman–Crippen MR) is 56.0 cm³/mol. The Morgan fingerprint density at radius 2 is 2.40 bits per heavy atom. The first kappa shape index (κ1) is 9.86. The molecule has 1 atom stereocenters. The Labute approximate surface area is 88.4 Å². The first-order valence-electron chi connectivity index (χ1n) is 4.86. The fourth-order valence-corrected chi connectivity index (χ4v) is 1.32. The summed E-state index contributed by atoms with van der Waals surface area (Å²) in [7, 11) is 0. The normalized spacial score (nSPS) is 12.6. The van der Waals surface area contributed by atoms with E-state index in [1.165, 1.54) is 0 Å². The third kappa shape index (κ3) is 2.63. The van der Waals surface area contributed by atoms with Crippen LogP contribution in [0.25, 0.3) is 0 Å². The van der Waals surface area contributed by atoms with Crippen molar-refractivity contribution in [1.29, 1.82) is 0 Å². The molecule has 2 rings (SSSR count). The number of furan rings is 1. The Balaban J connectivity index is 1.89. The summed E-state index contributed by atoms with van der Waals surface area (Å²) in [4.78, 5) is 8.00. The highest BCUT2D eigenvalue weighted by molar-refractivity contribution is 5.10.